The van der Waals surface area contributed by atoms with Crippen LogP contribution in [-0.4, -0.2) is 30.4 Å². The molecule has 126 valence electrons. The number of aromatic nitrogens is 5. The van der Waals surface area contributed by atoms with E-state index in [2.05, 4.69) is 22.0 Å². The maximum Gasteiger partial charge on any atom is 0.266 e. The van der Waals surface area contributed by atoms with Crippen LogP contribution < -0.4 is 5.56 Å². The first kappa shape index (κ1) is 15.8. The van der Waals surface area contributed by atoms with Gasteiger partial charge < -0.3 is 0 Å². The van der Waals surface area contributed by atoms with Crippen LogP contribution in [0.5, 0.6) is 0 Å². The lowest BCUT2D eigenvalue weighted by atomic mass is 10.1. The lowest BCUT2D eigenvalue weighted by Gasteiger charge is -2.12. The second-order valence-corrected chi connectivity index (χ2v) is 6.51. The molecule has 0 fully saturated rings. The van der Waals surface area contributed by atoms with E-state index >= 15 is 0 Å². The first-order valence-electron chi connectivity index (χ1n) is 8.05. The summed E-state index contributed by atoms with van der Waals surface area (Å²) in [6, 6.07) is 9.85. The van der Waals surface area contributed by atoms with Gasteiger partial charge in [-0.1, -0.05) is 36.9 Å². The van der Waals surface area contributed by atoms with Gasteiger partial charge in [-0.3, -0.25) is 9.36 Å². The number of thioether (sulfide) groups is 1. The van der Waals surface area contributed by atoms with E-state index in [0.29, 0.717) is 22.0 Å². The second-order valence-electron chi connectivity index (χ2n) is 5.74. The average Bonchev–Trinajstić information content (AvgIpc) is 3.05. The number of para-hydroxylation sites is 1. The predicted molar refractivity (Wildman–Crippen MR) is 99.8 cm³/mol. The quantitative estimate of drug-likeness (QED) is 0.531. The molecule has 0 atom stereocenters. The fraction of sp³-hybridized carbons (Fsp3) is 0.222. The van der Waals surface area contributed by atoms with E-state index in [1.807, 2.05) is 43.5 Å². The maximum atomic E-state index is 13.2. The van der Waals surface area contributed by atoms with Gasteiger partial charge in [-0.15, -0.1) is 5.10 Å². The molecule has 0 saturated carbocycles. The van der Waals surface area contributed by atoms with E-state index in [4.69, 9.17) is 0 Å². The molecule has 6 nitrogen and oxygen atoms in total. The summed E-state index contributed by atoms with van der Waals surface area (Å²) in [6.45, 7) is 3.92. The summed E-state index contributed by atoms with van der Waals surface area (Å²) in [5.41, 5.74) is 3.33. The summed E-state index contributed by atoms with van der Waals surface area (Å²) >= 11 is 1.45. The smallest absolute Gasteiger partial charge is 0.266 e. The van der Waals surface area contributed by atoms with Gasteiger partial charge in [0, 0.05) is 6.20 Å². The molecular weight excluding hydrogens is 334 g/mol. The summed E-state index contributed by atoms with van der Waals surface area (Å²) in [5, 5.41) is 5.64. The largest absolute Gasteiger partial charge is 0.283 e. The number of hydrogen-bond donors (Lipinski definition) is 0. The molecule has 4 rings (SSSR count). The van der Waals surface area contributed by atoms with Crippen molar-refractivity contribution >= 4 is 28.4 Å². The van der Waals surface area contributed by atoms with Crippen molar-refractivity contribution in [1.29, 1.82) is 0 Å². The molecule has 3 aromatic heterocycles. The zero-order chi connectivity index (χ0) is 17.6. The molecule has 0 N–H and O–H groups in total. The van der Waals surface area contributed by atoms with Crippen LogP contribution in [-0.2, 0) is 6.42 Å². The van der Waals surface area contributed by atoms with Gasteiger partial charge in [0.05, 0.1) is 22.3 Å². The molecule has 0 aliphatic rings. The maximum absolute atomic E-state index is 13.2. The Balaban J connectivity index is 2.08. The number of rotatable bonds is 3. The lowest BCUT2D eigenvalue weighted by Crippen LogP contribution is -2.21. The molecule has 4 aromatic rings. The lowest BCUT2D eigenvalue weighted by molar-refractivity contribution is 0.899. The molecular formula is C18H17N5OS. The normalized spacial score (nSPS) is 11.5. The highest BCUT2D eigenvalue weighted by atomic mass is 32.2. The van der Waals surface area contributed by atoms with Crippen LogP contribution in [0.4, 0.5) is 0 Å². The van der Waals surface area contributed by atoms with Gasteiger partial charge in [-0.25, -0.2) is 4.98 Å². The van der Waals surface area contributed by atoms with Crippen molar-refractivity contribution < 1.29 is 0 Å². The summed E-state index contributed by atoms with van der Waals surface area (Å²) in [4.78, 5) is 22.0. The zero-order valence-electron chi connectivity index (χ0n) is 14.2. The monoisotopic (exact) mass is 351 g/mol. The molecule has 0 aliphatic heterocycles. The molecule has 0 radical (unpaired) electrons. The molecule has 0 bridgehead atoms. The highest BCUT2D eigenvalue weighted by Gasteiger charge is 2.15. The van der Waals surface area contributed by atoms with Crippen LogP contribution in [0.2, 0.25) is 0 Å². The SMILES string of the molecule is CCc1ccccc1-n1ccc2c(c(C)nc3nc(SC)nn32)c1=O. The number of pyridine rings is 1. The summed E-state index contributed by atoms with van der Waals surface area (Å²) in [7, 11) is 0. The molecule has 25 heavy (non-hydrogen) atoms. The molecule has 0 unspecified atom stereocenters. The third kappa shape index (κ3) is 2.42. The summed E-state index contributed by atoms with van der Waals surface area (Å²) in [6.07, 6.45) is 4.58. The molecule has 0 aliphatic carbocycles. The Kier molecular flexibility index (Phi) is 3.80. The van der Waals surface area contributed by atoms with E-state index in [1.165, 1.54) is 11.8 Å². The van der Waals surface area contributed by atoms with Crippen LogP contribution in [0.15, 0.2) is 46.5 Å². The predicted octanol–water partition coefficient (Wildman–Crippen LogP) is 3.02. The third-order valence-corrected chi connectivity index (χ3v) is 4.85. The summed E-state index contributed by atoms with van der Waals surface area (Å²) in [5.74, 6) is 0.514. The first-order chi connectivity index (χ1) is 12.1. The third-order valence-electron chi connectivity index (χ3n) is 4.31. The van der Waals surface area contributed by atoms with E-state index in [9.17, 15) is 4.79 Å². The minimum Gasteiger partial charge on any atom is -0.283 e. The van der Waals surface area contributed by atoms with Crippen molar-refractivity contribution in [1.82, 2.24) is 24.1 Å². The van der Waals surface area contributed by atoms with Gasteiger partial charge in [0.1, 0.15) is 0 Å². The van der Waals surface area contributed by atoms with Crippen LogP contribution in [0.3, 0.4) is 0 Å². The van der Waals surface area contributed by atoms with Gasteiger partial charge in [-0.2, -0.15) is 9.50 Å². The average molecular weight is 351 g/mol. The van der Waals surface area contributed by atoms with Crippen molar-refractivity contribution in [2.75, 3.05) is 6.26 Å². The van der Waals surface area contributed by atoms with Crippen LogP contribution in [0.1, 0.15) is 18.2 Å². The molecule has 3 heterocycles. The van der Waals surface area contributed by atoms with Gasteiger partial charge >= 0.3 is 0 Å². The number of nitrogens with zero attached hydrogens (tertiary/aromatic N) is 5. The Morgan fingerprint density at radius 2 is 1.96 bits per heavy atom. The Labute approximate surface area is 148 Å². The Hall–Kier alpha value is -2.67. The van der Waals surface area contributed by atoms with E-state index in [0.717, 1.165) is 23.2 Å². The highest BCUT2D eigenvalue weighted by molar-refractivity contribution is 7.98. The van der Waals surface area contributed by atoms with Crippen LogP contribution in [0, 0.1) is 6.92 Å². The minimum absolute atomic E-state index is 0.0912. The fourth-order valence-corrected chi connectivity index (χ4v) is 3.43. The number of fused-ring (bicyclic) bond motifs is 3. The Morgan fingerprint density at radius 1 is 1.16 bits per heavy atom. The number of benzene rings is 1. The summed E-state index contributed by atoms with van der Waals surface area (Å²) < 4.78 is 3.33. The topological polar surface area (TPSA) is 65.1 Å². The van der Waals surface area contributed by atoms with E-state index < -0.39 is 0 Å². The van der Waals surface area contributed by atoms with E-state index in [1.54, 1.807) is 15.3 Å². The molecule has 1 aromatic carbocycles. The first-order valence-corrected chi connectivity index (χ1v) is 9.27. The fourth-order valence-electron chi connectivity index (χ4n) is 3.09. The zero-order valence-corrected chi connectivity index (χ0v) is 15.0. The van der Waals surface area contributed by atoms with Gasteiger partial charge in [0.2, 0.25) is 5.16 Å². The van der Waals surface area contributed by atoms with Crippen LogP contribution >= 0.6 is 11.8 Å². The number of aryl methyl sites for hydroxylation is 2. The van der Waals surface area contributed by atoms with Crippen molar-refractivity contribution in [3.05, 3.63) is 58.1 Å². The number of hydrogen-bond acceptors (Lipinski definition) is 5. The Bertz CT molecular complexity index is 1160. The molecule has 7 heteroatoms. The van der Waals surface area contributed by atoms with Gasteiger partial charge in [0.15, 0.2) is 0 Å². The van der Waals surface area contributed by atoms with Gasteiger partial charge in [-0.05, 0) is 37.3 Å². The minimum atomic E-state index is -0.0912. The molecule has 0 saturated heterocycles. The van der Waals surface area contributed by atoms with Crippen molar-refractivity contribution in [2.24, 2.45) is 0 Å². The van der Waals surface area contributed by atoms with Crippen LogP contribution in [0.25, 0.3) is 22.4 Å². The Morgan fingerprint density at radius 3 is 2.72 bits per heavy atom. The standard InChI is InChI=1S/C18H17N5OS/c1-4-12-7-5-6-8-13(12)22-10-9-14-15(16(22)24)11(2)19-17-20-18(25-3)21-23(14)17/h5-10H,4H2,1-3H3. The highest BCUT2D eigenvalue weighted by Crippen LogP contribution is 2.19. The van der Waals surface area contributed by atoms with Crippen molar-refractivity contribution in [2.45, 2.75) is 25.4 Å². The molecule has 0 amide bonds. The van der Waals surface area contributed by atoms with Crippen molar-refractivity contribution in [3.63, 3.8) is 0 Å². The van der Waals surface area contributed by atoms with Gasteiger partial charge in [0.25, 0.3) is 11.3 Å². The molecule has 0 spiro atoms. The second kappa shape index (κ2) is 6.00. The van der Waals surface area contributed by atoms with E-state index in [-0.39, 0.29) is 5.56 Å². The van der Waals surface area contributed by atoms with Crippen molar-refractivity contribution in [3.8, 4) is 5.69 Å².